The van der Waals surface area contributed by atoms with E-state index < -0.39 is 6.09 Å². The van der Waals surface area contributed by atoms with Gasteiger partial charge in [0.2, 0.25) is 0 Å². The molecule has 0 unspecified atom stereocenters. The Balaban J connectivity index is 2.54. The third-order valence-corrected chi connectivity index (χ3v) is 2.07. The number of ether oxygens (including phenoxy) is 1. The number of alkyl carbamates (subject to hydrolysis) is 1. The fraction of sp³-hybridized carbons (Fsp3) is 0.250. The van der Waals surface area contributed by atoms with Crippen molar-refractivity contribution in [3.05, 3.63) is 48.6 Å². The number of benzene rings is 1. The van der Waals surface area contributed by atoms with Crippen molar-refractivity contribution >= 4 is 6.09 Å². The Labute approximate surface area is 89.8 Å². The molecule has 80 valence electrons. The highest BCUT2D eigenvalue weighted by atomic mass is 16.5. The molecule has 3 heteroatoms. The smallest absolute Gasteiger partial charge is 0.407 e. The highest BCUT2D eigenvalue weighted by Gasteiger charge is 2.08. The Kier molecular flexibility index (Phi) is 4.41. The van der Waals surface area contributed by atoms with Gasteiger partial charge in [-0.2, -0.15) is 0 Å². The predicted octanol–water partition coefficient (Wildman–Crippen LogP) is 2.14. The number of carbonyl (C=O) groups is 1. The minimum absolute atomic E-state index is 0.0974. The standard InChI is InChI=1S/C12H15NO2/c1-3-11(13-12(14)15-2)9-10-7-5-4-6-8-10/h3-8,11H,1,9H2,2H3,(H,13,14)/t11-/m1/s1. The first-order valence-electron chi connectivity index (χ1n) is 4.77. The van der Waals surface area contributed by atoms with Crippen molar-refractivity contribution in [3.8, 4) is 0 Å². The lowest BCUT2D eigenvalue weighted by Gasteiger charge is -2.13. The van der Waals surface area contributed by atoms with Crippen molar-refractivity contribution in [2.24, 2.45) is 0 Å². The van der Waals surface area contributed by atoms with Gasteiger partial charge in [0.25, 0.3) is 0 Å². The van der Waals surface area contributed by atoms with E-state index in [0.717, 1.165) is 12.0 Å². The largest absolute Gasteiger partial charge is 0.453 e. The summed E-state index contributed by atoms with van der Waals surface area (Å²) in [5.74, 6) is 0. The minimum Gasteiger partial charge on any atom is -0.453 e. The molecule has 1 N–H and O–H groups in total. The molecule has 0 saturated heterocycles. The molecule has 1 aromatic rings. The van der Waals surface area contributed by atoms with Gasteiger partial charge in [-0.05, 0) is 12.0 Å². The third-order valence-electron chi connectivity index (χ3n) is 2.07. The lowest BCUT2D eigenvalue weighted by molar-refractivity contribution is 0.168. The second kappa shape index (κ2) is 5.86. The zero-order valence-corrected chi connectivity index (χ0v) is 8.77. The van der Waals surface area contributed by atoms with E-state index in [4.69, 9.17) is 0 Å². The van der Waals surface area contributed by atoms with E-state index in [-0.39, 0.29) is 6.04 Å². The van der Waals surface area contributed by atoms with Crippen LogP contribution in [0.15, 0.2) is 43.0 Å². The number of rotatable bonds is 4. The first-order chi connectivity index (χ1) is 7.26. The van der Waals surface area contributed by atoms with E-state index in [1.54, 1.807) is 6.08 Å². The molecular formula is C12H15NO2. The maximum absolute atomic E-state index is 11.0. The van der Waals surface area contributed by atoms with E-state index >= 15 is 0 Å². The summed E-state index contributed by atoms with van der Waals surface area (Å²) in [4.78, 5) is 11.0. The number of amides is 1. The average molecular weight is 205 g/mol. The Morgan fingerprint density at radius 3 is 2.73 bits per heavy atom. The van der Waals surface area contributed by atoms with E-state index in [1.165, 1.54) is 7.11 Å². The van der Waals surface area contributed by atoms with Crippen LogP contribution < -0.4 is 5.32 Å². The molecule has 0 aliphatic carbocycles. The van der Waals surface area contributed by atoms with Crippen LogP contribution in [0.5, 0.6) is 0 Å². The molecule has 0 bridgehead atoms. The molecule has 1 aromatic carbocycles. The van der Waals surface area contributed by atoms with Crippen LogP contribution in [0.2, 0.25) is 0 Å². The van der Waals surface area contributed by atoms with Gasteiger partial charge in [0.15, 0.2) is 0 Å². The summed E-state index contributed by atoms with van der Waals surface area (Å²) < 4.78 is 4.52. The van der Waals surface area contributed by atoms with Gasteiger partial charge in [0.1, 0.15) is 0 Å². The first kappa shape index (κ1) is 11.3. The van der Waals surface area contributed by atoms with Crippen LogP contribution in [-0.4, -0.2) is 19.2 Å². The zero-order chi connectivity index (χ0) is 11.1. The van der Waals surface area contributed by atoms with Crippen LogP contribution in [0.25, 0.3) is 0 Å². The van der Waals surface area contributed by atoms with E-state index in [1.807, 2.05) is 30.3 Å². The fourth-order valence-electron chi connectivity index (χ4n) is 1.27. The number of hydrogen-bond acceptors (Lipinski definition) is 2. The van der Waals surface area contributed by atoms with Crippen molar-refractivity contribution < 1.29 is 9.53 Å². The van der Waals surface area contributed by atoms with E-state index in [9.17, 15) is 4.79 Å². The average Bonchev–Trinajstić information content (AvgIpc) is 2.29. The molecule has 0 aliphatic rings. The van der Waals surface area contributed by atoms with E-state index in [2.05, 4.69) is 16.6 Å². The number of hydrogen-bond donors (Lipinski definition) is 1. The summed E-state index contributed by atoms with van der Waals surface area (Å²) in [7, 11) is 1.35. The molecule has 0 spiro atoms. The van der Waals surface area contributed by atoms with Crippen molar-refractivity contribution in [2.45, 2.75) is 12.5 Å². The lowest BCUT2D eigenvalue weighted by atomic mass is 10.1. The van der Waals surface area contributed by atoms with Gasteiger partial charge in [-0.1, -0.05) is 36.4 Å². The molecule has 0 heterocycles. The molecule has 0 aliphatic heterocycles. The number of methoxy groups -OCH3 is 1. The van der Waals surface area contributed by atoms with Crippen LogP contribution in [0, 0.1) is 0 Å². The maximum Gasteiger partial charge on any atom is 0.407 e. The predicted molar refractivity (Wildman–Crippen MR) is 59.7 cm³/mol. The Bertz CT molecular complexity index is 322. The molecule has 0 aromatic heterocycles. The molecule has 3 nitrogen and oxygen atoms in total. The van der Waals surface area contributed by atoms with Gasteiger partial charge in [-0.25, -0.2) is 4.79 Å². The molecule has 0 fully saturated rings. The second-order valence-electron chi connectivity index (χ2n) is 3.17. The van der Waals surface area contributed by atoms with Gasteiger partial charge in [0.05, 0.1) is 13.2 Å². The van der Waals surface area contributed by atoms with E-state index in [0.29, 0.717) is 0 Å². The molecule has 15 heavy (non-hydrogen) atoms. The quantitative estimate of drug-likeness (QED) is 0.765. The fourth-order valence-corrected chi connectivity index (χ4v) is 1.27. The van der Waals surface area contributed by atoms with Gasteiger partial charge in [-0.15, -0.1) is 6.58 Å². The molecule has 0 radical (unpaired) electrons. The highest BCUT2D eigenvalue weighted by molar-refractivity contribution is 5.67. The third kappa shape index (κ3) is 3.85. The lowest BCUT2D eigenvalue weighted by Crippen LogP contribution is -2.34. The summed E-state index contributed by atoms with van der Waals surface area (Å²) in [5.41, 5.74) is 1.15. The maximum atomic E-state index is 11.0. The monoisotopic (exact) mass is 205 g/mol. The normalized spacial score (nSPS) is 11.5. The van der Waals surface area contributed by atoms with Gasteiger partial charge in [0, 0.05) is 0 Å². The molecular weight excluding hydrogens is 190 g/mol. The number of carbonyl (C=O) groups excluding carboxylic acids is 1. The summed E-state index contributed by atoms with van der Waals surface area (Å²) in [6.07, 6.45) is 1.99. The van der Waals surface area contributed by atoms with Crippen molar-refractivity contribution in [2.75, 3.05) is 7.11 Å². The molecule has 1 amide bonds. The van der Waals surface area contributed by atoms with Crippen LogP contribution in [-0.2, 0) is 11.2 Å². The summed E-state index contributed by atoms with van der Waals surface area (Å²) in [6, 6.07) is 9.81. The zero-order valence-electron chi connectivity index (χ0n) is 8.77. The van der Waals surface area contributed by atoms with Crippen LogP contribution in [0.4, 0.5) is 4.79 Å². The summed E-state index contributed by atoms with van der Waals surface area (Å²) >= 11 is 0. The Hall–Kier alpha value is -1.77. The minimum atomic E-state index is -0.434. The second-order valence-corrected chi connectivity index (χ2v) is 3.17. The van der Waals surface area contributed by atoms with Gasteiger partial charge < -0.3 is 10.1 Å². The van der Waals surface area contributed by atoms with Gasteiger partial charge >= 0.3 is 6.09 Å². The molecule has 1 rings (SSSR count). The molecule has 1 atom stereocenters. The SMILES string of the molecule is C=C[C@H](Cc1ccccc1)NC(=O)OC. The Morgan fingerprint density at radius 2 is 2.20 bits per heavy atom. The van der Waals surface area contributed by atoms with Crippen LogP contribution in [0.3, 0.4) is 0 Å². The Morgan fingerprint density at radius 1 is 1.53 bits per heavy atom. The molecule has 0 saturated carbocycles. The van der Waals surface area contributed by atoms with Crippen molar-refractivity contribution in [1.29, 1.82) is 0 Å². The topological polar surface area (TPSA) is 38.3 Å². The van der Waals surface area contributed by atoms with Crippen LogP contribution >= 0.6 is 0 Å². The summed E-state index contributed by atoms with van der Waals surface area (Å²) in [6.45, 7) is 3.67. The van der Waals surface area contributed by atoms with Crippen molar-refractivity contribution in [3.63, 3.8) is 0 Å². The highest BCUT2D eigenvalue weighted by Crippen LogP contribution is 2.03. The summed E-state index contributed by atoms with van der Waals surface area (Å²) in [5, 5.41) is 2.69. The van der Waals surface area contributed by atoms with Crippen LogP contribution in [0.1, 0.15) is 5.56 Å². The van der Waals surface area contributed by atoms with Crippen molar-refractivity contribution in [1.82, 2.24) is 5.32 Å². The van der Waals surface area contributed by atoms with Gasteiger partial charge in [-0.3, -0.25) is 0 Å². The number of nitrogens with one attached hydrogen (secondary N) is 1. The first-order valence-corrected chi connectivity index (χ1v) is 4.77.